The van der Waals surface area contributed by atoms with Gasteiger partial charge in [-0.05, 0) is 36.1 Å². The van der Waals surface area contributed by atoms with Crippen LogP contribution in [0.2, 0.25) is 0 Å². The molecule has 2 aromatic rings. The van der Waals surface area contributed by atoms with Gasteiger partial charge in [-0.1, -0.05) is 49.0 Å². The largest absolute Gasteiger partial charge is 0.398 e. The van der Waals surface area contributed by atoms with Gasteiger partial charge in [0.05, 0.1) is 0 Å². The minimum atomic E-state index is 0.832. The molecule has 2 N–H and O–H groups in total. The van der Waals surface area contributed by atoms with Crippen molar-refractivity contribution in [1.82, 2.24) is 0 Å². The van der Waals surface area contributed by atoms with E-state index in [2.05, 4.69) is 31.7 Å². The van der Waals surface area contributed by atoms with Crippen molar-refractivity contribution in [3.63, 3.8) is 0 Å². The molecule has 0 saturated heterocycles. The monoisotopic (exact) mass is 223 g/mol. The van der Waals surface area contributed by atoms with Gasteiger partial charge in [-0.2, -0.15) is 0 Å². The van der Waals surface area contributed by atoms with Gasteiger partial charge >= 0.3 is 0 Å². The molecule has 17 heavy (non-hydrogen) atoms. The number of nitrogen functional groups attached to an aromatic ring is 1. The zero-order chi connectivity index (χ0) is 12.4. The molecule has 86 valence electrons. The second-order valence-corrected chi connectivity index (χ2v) is 4.31. The summed E-state index contributed by atoms with van der Waals surface area (Å²) in [6, 6.07) is 14.3. The van der Waals surface area contributed by atoms with Crippen LogP contribution in [-0.4, -0.2) is 0 Å². The summed E-state index contributed by atoms with van der Waals surface area (Å²) in [6.07, 6.45) is 0. The Bertz CT molecular complexity index is 553. The summed E-state index contributed by atoms with van der Waals surface area (Å²) >= 11 is 0. The molecule has 0 atom stereocenters. The number of benzene rings is 2. The first-order chi connectivity index (χ1) is 8.11. The first kappa shape index (κ1) is 11.5. The van der Waals surface area contributed by atoms with E-state index >= 15 is 0 Å². The van der Waals surface area contributed by atoms with Gasteiger partial charge in [0.15, 0.2) is 0 Å². The zero-order valence-corrected chi connectivity index (χ0v) is 10.3. The second-order valence-electron chi connectivity index (χ2n) is 4.31. The molecule has 0 fully saturated rings. The molecule has 0 spiro atoms. The Hall–Kier alpha value is -2.02. The van der Waals surface area contributed by atoms with Crippen molar-refractivity contribution in [1.29, 1.82) is 0 Å². The number of aryl methyl sites for hydroxylation is 1. The Balaban J connectivity index is 2.49. The molecule has 0 unspecified atom stereocenters. The van der Waals surface area contributed by atoms with Crippen LogP contribution in [0.4, 0.5) is 5.69 Å². The van der Waals surface area contributed by atoms with Crippen LogP contribution in [0.3, 0.4) is 0 Å². The van der Waals surface area contributed by atoms with Gasteiger partial charge in [-0.15, -0.1) is 0 Å². The van der Waals surface area contributed by atoms with Crippen LogP contribution >= 0.6 is 0 Å². The summed E-state index contributed by atoms with van der Waals surface area (Å²) in [7, 11) is 0. The van der Waals surface area contributed by atoms with E-state index in [1.165, 1.54) is 5.56 Å². The highest BCUT2D eigenvalue weighted by molar-refractivity contribution is 5.85. The lowest BCUT2D eigenvalue weighted by atomic mass is 9.94. The van der Waals surface area contributed by atoms with Crippen LogP contribution < -0.4 is 5.73 Å². The summed E-state index contributed by atoms with van der Waals surface area (Å²) in [4.78, 5) is 0. The normalized spacial score (nSPS) is 10.2. The van der Waals surface area contributed by atoms with Crippen molar-refractivity contribution in [2.45, 2.75) is 13.8 Å². The smallest absolute Gasteiger partial charge is 0.0426 e. The third-order valence-electron chi connectivity index (χ3n) is 3.23. The first-order valence-corrected chi connectivity index (χ1v) is 5.71. The third kappa shape index (κ3) is 2.09. The maximum atomic E-state index is 6.16. The van der Waals surface area contributed by atoms with E-state index in [-0.39, 0.29) is 0 Å². The number of hydrogen-bond acceptors (Lipinski definition) is 1. The summed E-state index contributed by atoms with van der Waals surface area (Å²) in [5, 5.41) is 0. The molecule has 1 heteroatoms. The second kappa shape index (κ2) is 4.46. The predicted molar refractivity (Wildman–Crippen MR) is 74.9 cm³/mol. The van der Waals surface area contributed by atoms with Gasteiger partial charge in [0.2, 0.25) is 0 Å². The zero-order valence-electron chi connectivity index (χ0n) is 10.3. The predicted octanol–water partition coefficient (Wildman–Crippen LogP) is 3.95. The molecule has 0 heterocycles. The lowest BCUT2D eigenvalue weighted by Crippen LogP contribution is -1.99. The highest BCUT2D eigenvalue weighted by Crippen LogP contribution is 2.29. The molecule has 2 aromatic carbocycles. The molecule has 0 radical (unpaired) electrons. The van der Waals surface area contributed by atoms with Crippen LogP contribution in [0.15, 0.2) is 49.0 Å². The lowest BCUT2D eigenvalue weighted by molar-refractivity contribution is 1.33. The Morgan fingerprint density at radius 1 is 1.00 bits per heavy atom. The van der Waals surface area contributed by atoms with Crippen molar-refractivity contribution in [3.8, 4) is 0 Å². The van der Waals surface area contributed by atoms with Gasteiger partial charge in [0.25, 0.3) is 0 Å². The standard InChI is InChI=1S/C16H17N/c1-11-9-10-15(16(17)12(11)2)13(3)14-7-5-4-6-8-14/h4-10H,3,17H2,1-2H3. The van der Waals surface area contributed by atoms with Crippen LogP contribution in [0.25, 0.3) is 5.57 Å². The number of hydrogen-bond donors (Lipinski definition) is 1. The van der Waals surface area contributed by atoms with E-state index in [1.54, 1.807) is 0 Å². The van der Waals surface area contributed by atoms with Gasteiger partial charge < -0.3 is 5.73 Å². The van der Waals surface area contributed by atoms with E-state index in [0.717, 1.165) is 28.0 Å². The number of anilines is 1. The Morgan fingerprint density at radius 2 is 1.65 bits per heavy atom. The van der Waals surface area contributed by atoms with Crippen LogP contribution in [0.5, 0.6) is 0 Å². The molecular weight excluding hydrogens is 206 g/mol. The highest BCUT2D eigenvalue weighted by Gasteiger charge is 2.08. The highest BCUT2D eigenvalue weighted by atomic mass is 14.6. The van der Waals surface area contributed by atoms with Crippen molar-refractivity contribution in [2.24, 2.45) is 0 Å². The molecule has 0 aliphatic rings. The van der Waals surface area contributed by atoms with Crippen LogP contribution in [0.1, 0.15) is 22.3 Å². The average Bonchev–Trinajstić information content (AvgIpc) is 2.36. The molecule has 2 rings (SSSR count). The fraction of sp³-hybridized carbons (Fsp3) is 0.125. The molecule has 0 aliphatic carbocycles. The van der Waals surface area contributed by atoms with Crippen molar-refractivity contribution in [2.75, 3.05) is 5.73 Å². The van der Waals surface area contributed by atoms with E-state index < -0.39 is 0 Å². The molecule has 0 saturated carbocycles. The Morgan fingerprint density at radius 3 is 2.29 bits per heavy atom. The molecule has 0 aromatic heterocycles. The SMILES string of the molecule is C=C(c1ccccc1)c1ccc(C)c(C)c1N. The number of rotatable bonds is 2. The molecule has 0 bridgehead atoms. The van der Waals surface area contributed by atoms with Gasteiger partial charge in [-0.25, -0.2) is 0 Å². The van der Waals surface area contributed by atoms with Gasteiger partial charge in [0, 0.05) is 11.3 Å². The fourth-order valence-corrected chi connectivity index (χ4v) is 1.90. The lowest BCUT2D eigenvalue weighted by Gasteiger charge is -2.13. The summed E-state index contributed by atoms with van der Waals surface area (Å²) < 4.78 is 0. The fourth-order valence-electron chi connectivity index (χ4n) is 1.90. The Labute approximate surface area is 103 Å². The summed E-state index contributed by atoms with van der Waals surface area (Å²) in [5.74, 6) is 0. The van der Waals surface area contributed by atoms with Crippen molar-refractivity contribution in [3.05, 3.63) is 71.3 Å². The van der Waals surface area contributed by atoms with Gasteiger partial charge in [0.1, 0.15) is 0 Å². The minimum absolute atomic E-state index is 0.832. The Kier molecular flexibility index (Phi) is 3.01. The molecule has 1 nitrogen and oxygen atoms in total. The minimum Gasteiger partial charge on any atom is -0.398 e. The van der Waals surface area contributed by atoms with Crippen LogP contribution in [0, 0.1) is 13.8 Å². The quantitative estimate of drug-likeness (QED) is 0.766. The topological polar surface area (TPSA) is 26.0 Å². The van der Waals surface area contributed by atoms with Gasteiger partial charge in [-0.3, -0.25) is 0 Å². The maximum Gasteiger partial charge on any atom is 0.0426 e. The average molecular weight is 223 g/mol. The summed E-state index contributed by atoms with van der Waals surface area (Å²) in [5.41, 5.74) is 12.5. The molecule has 0 aliphatic heterocycles. The summed E-state index contributed by atoms with van der Waals surface area (Å²) in [6.45, 7) is 8.27. The van der Waals surface area contributed by atoms with E-state index in [0.29, 0.717) is 0 Å². The maximum absolute atomic E-state index is 6.16. The van der Waals surface area contributed by atoms with Crippen molar-refractivity contribution < 1.29 is 0 Å². The van der Waals surface area contributed by atoms with Crippen molar-refractivity contribution >= 4 is 11.3 Å². The van der Waals surface area contributed by atoms with E-state index in [1.807, 2.05) is 31.2 Å². The number of nitrogens with two attached hydrogens (primary N) is 1. The molecular formula is C16H17N. The van der Waals surface area contributed by atoms with E-state index in [9.17, 15) is 0 Å². The first-order valence-electron chi connectivity index (χ1n) is 5.71. The van der Waals surface area contributed by atoms with Crippen LogP contribution in [-0.2, 0) is 0 Å². The molecule has 0 amide bonds. The third-order valence-corrected chi connectivity index (χ3v) is 3.23. The van der Waals surface area contributed by atoms with E-state index in [4.69, 9.17) is 5.73 Å².